The zero-order valence-corrected chi connectivity index (χ0v) is 23.1. The van der Waals surface area contributed by atoms with Gasteiger partial charge in [0.15, 0.2) is 0 Å². The largest absolute Gasteiger partial charge is 0.493 e. The topological polar surface area (TPSA) is 52.9 Å². The van der Waals surface area contributed by atoms with Crippen molar-refractivity contribution in [1.29, 1.82) is 0 Å². The number of allylic oxidation sites excluding steroid dienone is 8. The number of hydrogen-bond acceptors (Lipinski definition) is 4. The molecule has 3 aliphatic rings. The van der Waals surface area contributed by atoms with Crippen molar-refractivity contribution >= 4 is 5.57 Å². The quantitative estimate of drug-likeness (QED) is 0.239. The molecular weight excluding hydrogens is 470 g/mol. The van der Waals surface area contributed by atoms with Gasteiger partial charge in [0, 0.05) is 19.7 Å². The fraction of sp³-hybridized carbons (Fsp3) is 0.471. The van der Waals surface area contributed by atoms with Crippen LogP contribution >= 0.6 is 0 Å². The Morgan fingerprint density at radius 3 is 2.63 bits per heavy atom. The van der Waals surface area contributed by atoms with E-state index in [1.807, 2.05) is 31.2 Å². The van der Waals surface area contributed by atoms with Crippen LogP contribution in [0.5, 0.6) is 0 Å². The number of aliphatic hydroxyl groups excluding tert-OH is 2. The van der Waals surface area contributed by atoms with E-state index in [2.05, 4.69) is 54.0 Å². The first-order valence-corrected chi connectivity index (χ1v) is 14.4. The number of nitrogens with zero attached hydrogens (tertiary/aromatic N) is 1. The van der Waals surface area contributed by atoms with Crippen LogP contribution in [0.1, 0.15) is 63.9 Å². The third-order valence-corrected chi connectivity index (χ3v) is 8.30. The van der Waals surface area contributed by atoms with Crippen molar-refractivity contribution in [2.24, 2.45) is 5.41 Å². The third kappa shape index (κ3) is 7.47. The molecule has 204 valence electrons. The minimum Gasteiger partial charge on any atom is -0.493 e. The van der Waals surface area contributed by atoms with Gasteiger partial charge in [-0.3, -0.25) is 4.90 Å². The van der Waals surface area contributed by atoms with E-state index in [1.165, 1.54) is 50.8 Å². The highest BCUT2D eigenvalue weighted by molar-refractivity contribution is 5.79. The van der Waals surface area contributed by atoms with Crippen LogP contribution in [0, 0.1) is 5.41 Å². The molecule has 2 aliphatic carbocycles. The zero-order valence-electron chi connectivity index (χ0n) is 23.1. The van der Waals surface area contributed by atoms with Crippen molar-refractivity contribution in [3.05, 3.63) is 101 Å². The molecule has 1 heterocycles. The molecule has 1 aliphatic heterocycles. The molecule has 1 atom stereocenters. The molecule has 0 radical (unpaired) electrons. The molecule has 1 saturated heterocycles. The first kappa shape index (κ1) is 28.4. The van der Waals surface area contributed by atoms with Gasteiger partial charge in [-0.1, -0.05) is 80.1 Å². The summed E-state index contributed by atoms with van der Waals surface area (Å²) < 4.78 is 6.04. The summed E-state index contributed by atoms with van der Waals surface area (Å²) in [4.78, 5) is 2.56. The molecule has 0 aromatic heterocycles. The van der Waals surface area contributed by atoms with E-state index in [1.54, 1.807) is 0 Å². The highest BCUT2D eigenvalue weighted by Crippen LogP contribution is 2.45. The van der Waals surface area contributed by atoms with E-state index in [0.717, 1.165) is 35.2 Å². The number of likely N-dealkylation sites (tertiary alicyclic amines) is 1. The van der Waals surface area contributed by atoms with Crippen LogP contribution in [0.2, 0.25) is 0 Å². The van der Waals surface area contributed by atoms with Crippen LogP contribution in [0.4, 0.5) is 0 Å². The SMILES string of the molecule is C=C(\C=C/C(=C\C)C(/C1=CCC(O)C=C1)=C(/CCCO)c1ccccc1)OCCN1CCC2(CCCC2)C1. The first-order valence-electron chi connectivity index (χ1n) is 14.4. The summed E-state index contributed by atoms with van der Waals surface area (Å²) >= 11 is 0. The van der Waals surface area contributed by atoms with E-state index >= 15 is 0 Å². The normalized spacial score (nSPS) is 22.2. The minimum absolute atomic E-state index is 0.140. The summed E-state index contributed by atoms with van der Waals surface area (Å²) in [6.07, 6.45) is 20.7. The number of aliphatic hydroxyl groups is 2. The molecule has 1 spiro atoms. The van der Waals surface area contributed by atoms with Crippen LogP contribution in [-0.4, -0.2) is 54.1 Å². The van der Waals surface area contributed by atoms with E-state index in [-0.39, 0.29) is 6.61 Å². The van der Waals surface area contributed by atoms with Crippen molar-refractivity contribution in [3.8, 4) is 0 Å². The average Bonchev–Trinajstić information content (AvgIpc) is 3.58. The Bertz CT molecular complexity index is 1090. The van der Waals surface area contributed by atoms with Gasteiger partial charge >= 0.3 is 0 Å². The number of rotatable bonds is 12. The van der Waals surface area contributed by atoms with Crippen molar-refractivity contribution in [2.45, 2.75) is 64.4 Å². The summed E-state index contributed by atoms with van der Waals surface area (Å²) in [6.45, 7) is 10.4. The fourth-order valence-corrected chi connectivity index (χ4v) is 6.23. The highest BCUT2D eigenvalue weighted by Gasteiger charge is 2.39. The monoisotopic (exact) mass is 515 g/mol. The second-order valence-corrected chi connectivity index (χ2v) is 11.0. The van der Waals surface area contributed by atoms with E-state index in [4.69, 9.17) is 4.74 Å². The molecular formula is C34H45NO3. The molecule has 0 bridgehead atoms. The first-order chi connectivity index (χ1) is 18.5. The Kier molecular flexibility index (Phi) is 10.4. The van der Waals surface area contributed by atoms with Gasteiger partial charge < -0.3 is 14.9 Å². The van der Waals surface area contributed by atoms with Crippen molar-refractivity contribution < 1.29 is 14.9 Å². The van der Waals surface area contributed by atoms with Crippen molar-refractivity contribution in [2.75, 3.05) is 32.8 Å². The molecule has 2 N–H and O–H groups in total. The van der Waals surface area contributed by atoms with Crippen LogP contribution in [0.25, 0.3) is 5.57 Å². The fourth-order valence-electron chi connectivity index (χ4n) is 6.23. The summed E-state index contributed by atoms with van der Waals surface area (Å²) in [5.41, 5.74) is 6.20. The van der Waals surface area contributed by atoms with Gasteiger partial charge in [0.1, 0.15) is 12.4 Å². The maximum Gasteiger partial charge on any atom is 0.112 e. The van der Waals surface area contributed by atoms with Crippen molar-refractivity contribution in [3.63, 3.8) is 0 Å². The number of benzene rings is 1. The van der Waals surface area contributed by atoms with Gasteiger partial charge in [-0.05, 0) is 91.3 Å². The van der Waals surface area contributed by atoms with Crippen LogP contribution in [-0.2, 0) is 4.74 Å². The standard InChI is InChI=1S/C34H45NO3/c1-3-28(14-13-27(2)38-25-23-35-22-21-34(26-35)19-7-8-20-34)33(30-15-17-31(37)18-16-30)32(12-9-24-36)29-10-5-4-6-11-29/h3-6,10-11,13-17,31,36-37H,2,7-9,12,18-26H2,1H3/b14-13-,28-3+,33-32+. The van der Waals surface area contributed by atoms with Crippen LogP contribution in [0.3, 0.4) is 0 Å². The lowest BCUT2D eigenvalue weighted by Gasteiger charge is -2.23. The summed E-state index contributed by atoms with van der Waals surface area (Å²) in [7, 11) is 0. The highest BCUT2D eigenvalue weighted by atomic mass is 16.5. The summed E-state index contributed by atoms with van der Waals surface area (Å²) in [5, 5.41) is 19.7. The minimum atomic E-state index is -0.449. The molecule has 1 aromatic carbocycles. The molecule has 1 saturated carbocycles. The Hall–Kier alpha value is -2.66. The predicted octanol–water partition coefficient (Wildman–Crippen LogP) is 6.76. The van der Waals surface area contributed by atoms with Gasteiger partial charge in [0.05, 0.1) is 6.10 Å². The lowest BCUT2D eigenvalue weighted by Crippen LogP contribution is -2.28. The molecule has 4 heteroatoms. The van der Waals surface area contributed by atoms with Crippen LogP contribution in [0.15, 0.2) is 95.8 Å². The molecule has 1 unspecified atom stereocenters. The Morgan fingerprint density at radius 1 is 1.16 bits per heavy atom. The van der Waals surface area contributed by atoms with Crippen LogP contribution < -0.4 is 0 Å². The molecule has 2 fully saturated rings. The zero-order chi connectivity index (χ0) is 26.8. The summed E-state index contributed by atoms with van der Waals surface area (Å²) in [6, 6.07) is 10.4. The predicted molar refractivity (Wildman–Crippen MR) is 157 cm³/mol. The third-order valence-electron chi connectivity index (χ3n) is 8.30. The Morgan fingerprint density at radius 2 is 1.95 bits per heavy atom. The van der Waals surface area contributed by atoms with Gasteiger partial charge in [-0.25, -0.2) is 0 Å². The Balaban J connectivity index is 1.48. The lowest BCUT2D eigenvalue weighted by atomic mass is 9.84. The number of hydrogen-bond donors (Lipinski definition) is 2. The van der Waals surface area contributed by atoms with E-state index in [9.17, 15) is 10.2 Å². The maximum atomic E-state index is 10.1. The molecule has 0 amide bonds. The molecule has 4 nitrogen and oxygen atoms in total. The summed E-state index contributed by atoms with van der Waals surface area (Å²) in [5.74, 6) is 0.665. The molecule has 38 heavy (non-hydrogen) atoms. The Labute approximate surface area is 229 Å². The average molecular weight is 516 g/mol. The molecule has 1 aromatic rings. The second-order valence-electron chi connectivity index (χ2n) is 11.0. The second kappa shape index (κ2) is 13.9. The van der Waals surface area contributed by atoms with E-state index in [0.29, 0.717) is 30.6 Å². The van der Waals surface area contributed by atoms with Gasteiger partial charge in [0.25, 0.3) is 0 Å². The lowest BCUT2D eigenvalue weighted by molar-refractivity contribution is 0.170. The molecule has 4 rings (SSSR count). The smallest absolute Gasteiger partial charge is 0.112 e. The van der Waals surface area contributed by atoms with Gasteiger partial charge in [-0.15, -0.1) is 0 Å². The number of ether oxygens (including phenoxy) is 1. The van der Waals surface area contributed by atoms with E-state index < -0.39 is 6.10 Å². The van der Waals surface area contributed by atoms with Crippen molar-refractivity contribution in [1.82, 2.24) is 4.90 Å². The van der Waals surface area contributed by atoms with Gasteiger partial charge in [-0.2, -0.15) is 0 Å². The van der Waals surface area contributed by atoms with Gasteiger partial charge in [0.2, 0.25) is 0 Å². The maximum absolute atomic E-state index is 10.1.